The molecule has 2 aromatic carbocycles. The first-order valence-corrected chi connectivity index (χ1v) is 9.83. The molecule has 10 heteroatoms. The minimum atomic E-state index is -4.65. The summed E-state index contributed by atoms with van der Waals surface area (Å²) in [6, 6.07) is 9.29. The second-order valence-electron chi connectivity index (χ2n) is 7.37. The highest BCUT2D eigenvalue weighted by Gasteiger charge is 2.32. The Morgan fingerprint density at radius 3 is 2.39 bits per heavy atom. The number of benzene rings is 2. The fraction of sp³-hybridized carbons (Fsp3) is 0.174. The second-order valence-corrected chi connectivity index (χ2v) is 7.37. The summed E-state index contributed by atoms with van der Waals surface area (Å²) in [7, 11) is 0. The number of alkyl halides is 3. The third-order valence-corrected chi connectivity index (χ3v) is 5.17. The molecule has 0 bridgehead atoms. The SMILES string of the molecule is OC(NCCc1c(-c2ccc(F)cc2)[nH]c2c(F)cc(F)cc12)c1ccnc(C(F)(F)F)c1. The van der Waals surface area contributed by atoms with E-state index in [9.17, 15) is 31.4 Å². The number of H-pyrrole nitrogens is 1. The molecular formula is C23H17F6N3O. The van der Waals surface area contributed by atoms with Gasteiger partial charge in [-0.1, -0.05) is 0 Å². The zero-order valence-electron chi connectivity index (χ0n) is 16.8. The van der Waals surface area contributed by atoms with Crippen molar-refractivity contribution in [2.45, 2.75) is 18.8 Å². The van der Waals surface area contributed by atoms with Gasteiger partial charge in [-0.15, -0.1) is 0 Å². The molecule has 2 heterocycles. The van der Waals surface area contributed by atoms with Gasteiger partial charge in [0.15, 0.2) is 0 Å². The van der Waals surface area contributed by atoms with Crippen molar-refractivity contribution >= 4 is 10.9 Å². The van der Waals surface area contributed by atoms with Gasteiger partial charge in [-0.3, -0.25) is 10.3 Å². The highest BCUT2D eigenvalue weighted by molar-refractivity contribution is 5.91. The van der Waals surface area contributed by atoms with Gasteiger partial charge in [-0.2, -0.15) is 13.2 Å². The van der Waals surface area contributed by atoms with Crippen molar-refractivity contribution in [1.29, 1.82) is 0 Å². The standard InChI is InChI=1S/C23H17F6N3O/c24-14-3-1-12(2-4-14)20-16(17-10-15(25)11-18(26)21(17)32-20)6-8-31-22(33)13-5-7-30-19(9-13)23(27,28)29/h1-5,7,9-11,22,31-33H,6,8H2. The van der Waals surface area contributed by atoms with E-state index in [1.165, 1.54) is 30.3 Å². The van der Waals surface area contributed by atoms with Gasteiger partial charge < -0.3 is 10.1 Å². The molecule has 1 unspecified atom stereocenters. The highest BCUT2D eigenvalue weighted by Crippen LogP contribution is 2.33. The van der Waals surface area contributed by atoms with E-state index >= 15 is 0 Å². The summed E-state index contributed by atoms with van der Waals surface area (Å²) in [5, 5.41) is 13.2. The number of nitrogens with zero attached hydrogens (tertiary/aromatic N) is 1. The Hall–Kier alpha value is -3.37. The number of aliphatic hydroxyl groups is 1. The fourth-order valence-electron chi connectivity index (χ4n) is 3.62. The van der Waals surface area contributed by atoms with Crippen LogP contribution in [0, 0.1) is 17.5 Å². The number of halogens is 6. The maximum absolute atomic E-state index is 14.3. The summed E-state index contributed by atoms with van der Waals surface area (Å²) < 4.78 is 80.2. The topological polar surface area (TPSA) is 60.9 Å². The van der Waals surface area contributed by atoms with E-state index in [1.807, 2.05) is 0 Å². The highest BCUT2D eigenvalue weighted by atomic mass is 19.4. The Morgan fingerprint density at radius 2 is 1.70 bits per heavy atom. The zero-order valence-corrected chi connectivity index (χ0v) is 16.8. The Bertz CT molecular complexity index is 1280. The molecule has 0 aliphatic carbocycles. The van der Waals surface area contributed by atoms with Gasteiger partial charge in [0.1, 0.15) is 29.4 Å². The number of hydrogen-bond acceptors (Lipinski definition) is 3. The lowest BCUT2D eigenvalue weighted by molar-refractivity contribution is -0.141. The average molecular weight is 465 g/mol. The number of hydrogen-bond donors (Lipinski definition) is 3. The van der Waals surface area contributed by atoms with Crippen molar-refractivity contribution < 1.29 is 31.4 Å². The van der Waals surface area contributed by atoms with Gasteiger partial charge in [-0.05, 0) is 65.6 Å². The molecule has 4 rings (SSSR count). The zero-order chi connectivity index (χ0) is 23.8. The Kier molecular flexibility index (Phi) is 6.13. The largest absolute Gasteiger partial charge is 0.433 e. The molecule has 0 aliphatic heterocycles. The van der Waals surface area contributed by atoms with Crippen LogP contribution in [-0.2, 0) is 12.6 Å². The van der Waals surface area contributed by atoms with Gasteiger partial charge in [0, 0.05) is 29.9 Å². The predicted octanol–water partition coefficient (Wildman–Crippen LogP) is 5.49. The molecule has 4 aromatic rings. The van der Waals surface area contributed by atoms with E-state index in [-0.39, 0.29) is 29.4 Å². The molecule has 0 radical (unpaired) electrons. The molecule has 2 aromatic heterocycles. The van der Waals surface area contributed by atoms with Crippen LogP contribution in [0.15, 0.2) is 54.7 Å². The smallest absolute Gasteiger partial charge is 0.374 e. The molecule has 0 saturated heterocycles. The number of aliphatic hydroxyl groups excluding tert-OH is 1. The van der Waals surface area contributed by atoms with E-state index in [4.69, 9.17) is 0 Å². The van der Waals surface area contributed by atoms with Gasteiger partial charge in [-0.25, -0.2) is 13.2 Å². The van der Waals surface area contributed by atoms with Crippen LogP contribution >= 0.6 is 0 Å². The Morgan fingerprint density at radius 1 is 0.970 bits per heavy atom. The molecule has 0 amide bonds. The van der Waals surface area contributed by atoms with Crippen LogP contribution in [0.5, 0.6) is 0 Å². The van der Waals surface area contributed by atoms with Gasteiger partial charge in [0.2, 0.25) is 0 Å². The number of nitrogens with one attached hydrogen (secondary N) is 2. The van der Waals surface area contributed by atoms with Crippen LogP contribution in [0.2, 0.25) is 0 Å². The predicted molar refractivity (Wildman–Crippen MR) is 110 cm³/mol. The lowest BCUT2D eigenvalue weighted by Crippen LogP contribution is -2.24. The van der Waals surface area contributed by atoms with Crippen LogP contribution in [0.3, 0.4) is 0 Å². The monoisotopic (exact) mass is 465 g/mol. The third kappa shape index (κ3) is 4.86. The van der Waals surface area contributed by atoms with E-state index in [2.05, 4.69) is 15.3 Å². The van der Waals surface area contributed by atoms with E-state index < -0.39 is 35.5 Å². The summed E-state index contributed by atoms with van der Waals surface area (Å²) in [5.41, 5.74) is 0.366. The average Bonchev–Trinajstić information content (AvgIpc) is 3.12. The number of pyridine rings is 1. The Balaban J connectivity index is 1.60. The Labute approximate surface area is 183 Å². The second kappa shape index (κ2) is 8.87. The normalized spacial score (nSPS) is 12.9. The molecule has 3 N–H and O–H groups in total. The van der Waals surface area contributed by atoms with Crippen LogP contribution in [-0.4, -0.2) is 21.6 Å². The summed E-state index contributed by atoms with van der Waals surface area (Å²) in [6.45, 7) is 0.0596. The maximum atomic E-state index is 14.3. The molecule has 0 fully saturated rings. The van der Waals surface area contributed by atoms with E-state index in [0.717, 1.165) is 24.4 Å². The quantitative estimate of drug-likeness (QED) is 0.261. The third-order valence-electron chi connectivity index (χ3n) is 5.17. The minimum Gasteiger partial charge on any atom is -0.374 e. The summed E-state index contributed by atoms with van der Waals surface area (Å²) in [4.78, 5) is 6.15. The molecule has 0 aliphatic rings. The summed E-state index contributed by atoms with van der Waals surface area (Å²) in [5.74, 6) is -2.05. The fourth-order valence-corrected chi connectivity index (χ4v) is 3.62. The molecule has 1 atom stereocenters. The molecule has 0 spiro atoms. The molecule has 4 nitrogen and oxygen atoms in total. The lowest BCUT2D eigenvalue weighted by Gasteiger charge is -2.15. The van der Waals surface area contributed by atoms with Crippen LogP contribution in [0.1, 0.15) is 23.0 Å². The summed E-state index contributed by atoms with van der Waals surface area (Å²) >= 11 is 0. The van der Waals surface area contributed by atoms with Crippen LogP contribution < -0.4 is 5.32 Å². The molecular weight excluding hydrogens is 448 g/mol. The van der Waals surface area contributed by atoms with E-state index in [1.54, 1.807) is 0 Å². The van der Waals surface area contributed by atoms with Gasteiger partial charge in [0.25, 0.3) is 0 Å². The van der Waals surface area contributed by atoms with Crippen LogP contribution in [0.4, 0.5) is 26.3 Å². The van der Waals surface area contributed by atoms with Crippen molar-refractivity contribution in [1.82, 2.24) is 15.3 Å². The number of rotatable bonds is 6. The maximum Gasteiger partial charge on any atom is 0.433 e. The molecule has 0 saturated carbocycles. The van der Waals surface area contributed by atoms with Crippen molar-refractivity contribution in [2.75, 3.05) is 6.54 Å². The van der Waals surface area contributed by atoms with Crippen molar-refractivity contribution in [3.05, 3.63) is 89.0 Å². The first-order chi connectivity index (χ1) is 15.6. The number of aromatic nitrogens is 2. The van der Waals surface area contributed by atoms with Crippen molar-refractivity contribution in [3.63, 3.8) is 0 Å². The van der Waals surface area contributed by atoms with Gasteiger partial charge >= 0.3 is 6.18 Å². The minimum absolute atomic E-state index is 0.0351. The van der Waals surface area contributed by atoms with Crippen LogP contribution in [0.25, 0.3) is 22.2 Å². The number of fused-ring (bicyclic) bond motifs is 1. The molecule has 33 heavy (non-hydrogen) atoms. The first-order valence-electron chi connectivity index (χ1n) is 9.83. The molecule has 172 valence electrons. The van der Waals surface area contributed by atoms with Crippen molar-refractivity contribution in [2.24, 2.45) is 0 Å². The van der Waals surface area contributed by atoms with Crippen molar-refractivity contribution in [3.8, 4) is 11.3 Å². The van der Waals surface area contributed by atoms with Gasteiger partial charge in [0.05, 0.1) is 5.52 Å². The van der Waals surface area contributed by atoms with E-state index in [0.29, 0.717) is 16.8 Å². The number of aromatic amines is 1. The first kappa shape index (κ1) is 22.8. The summed E-state index contributed by atoms with van der Waals surface area (Å²) in [6.07, 6.45) is -4.98. The lowest BCUT2D eigenvalue weighted by atomic mass is 10.0.